The van der Waals surface area contributed by atoms with Gasteiger partial charge in [-0.25, -0.2) is 0 Å². The molecule has 0 aliphatic rings. The first-order valence-electron chi connectivity index (χ1n) is 6.16. The molecule has 2 nitrogen and oxygen atoms in total. The van der Waals surface area contributed by atoms with Crippen LogP contribution in [0.3, 0.4) is 0 Å². The van der Waals surface area contributed by atoms with Crippen molar-refractivity contribution in [1.29, 1.82) is 0 Å². The largest absolute Gasteiger partial charge is 0.396 e. The van der Waals surface area contributed by atoms with Crippen molar-refractivity contribution in [2.45, 2.75) is 19.4 Å². The van der Waals surface area contributed by atoms with E-state index < -0.39 is 0 Å². The van der Waals surface area contributed by atoms with Crippen molar-refractivity contribution in [3.63, 3.8) is 0 Å². The van der Waals surface area contributed by atoms with Gasteiger partial charge in [-0.1, -0.05) is 60.7 Å². The topological polar surface area (TPSA) is 40.5 Å². The second-order valence-corrected chi connectivity index (χ2v) is 3.96. The van der Waals surface area contributed by atoms with Gasteiger partial charge in [-0.3, -0.25) is 0 Å². The summed E-state index contributed by atoms with van der Waals surface area (Å²) in [6.07, 6.45) is 1.85. The van der Waals surface area contributed by atoms with Crippen LogP contribution in [0.4, 0.5) is 0 Å². The predicted octanol–water partition coefficient (Wildman–Crippen LogP) is 2.79. The number of benzene rings is 2. The molecule has 0 saturated carbocycles. The Balaban J connectivity index is 0.000000184. The summed E-state index contributed by atoms with van der Waals surface area (Å²) in [6, 6.07) is 19.7. The lowest BCUT2D eigenvalue weighted by atomic mass is 10.1. The van der Waals surface area contributed by atoms with E-state index in [4.69, 9.17) is 10.2 Å². The van der Waals surface area contributed by atoms with Crippen molar-refractivity contribution in [3.05, 3.63) is 71.8 Å². The fraction of sp³-hybridized carbons (Fsp3) is 0.250. The molecule has 2 heteroatoms. The molecular formula is C16H20O2. The molecule has 0 bridgehead atoms. The van der Waals surface area contributed by atoms with Gasteiger partial charge in [-0.15, -0.1) is 0 Å². The summed E-state index contributed by atoms with van der Waals surface area (Å²) in [5.74, 6) is 0. The Kier molecular flexibility index (Phi) is 7.53. The number of aliphatic hydroxyl groups excluding tert-OH is 2. The van der Waals surface area contributed by atoms with Gasteiger partial charge < -0.3 is 10.2 Å². The number of rotatable bonds is 4. The van der Waals surface area contributed by atoms with Crippen molar-refractivity contribution in [3.8, 4) is 0 Å². The number of hydrogen-bond acceptors (Lipinski definition) is 2. The molecule has 0 saturated heterocycles. The van der Waals surface area contributed by atoms with Crippen molar-refractivity contribution < 1.29 is 10.2 Å². The first kappa shape index (κ1) is 14.4. The van der Waals surface area contributed by atoms with Crippen LogP contribution in [-0.4, -0.2) is 16.8 Å². The molecule has 0 atom stereocenters. The third-order valence-electron chi connectivity index (χ3n) is 2.49. The molecule has 0 fully saturated rings. The monoisotopic (exact) mass is 244 g/mol. The average molecular weight is 244 g/mol. The van der Waals surface area contributed by atoms with Crippen LogP contribution in [0, 0.1) is 0 Å². The fourth-order valence-electron chi connectivity index (χ4n) is 1.51. The summed E-state index contributed by atoms with van der Waals surface area (Å²) < 4.78 is 0. The lowest BCUT2D eigenvalue weighted by Crippen LogP contribution is -1.87. The molecule has 18 heavy (non-hydrogen) atoms. The summed E-state index contributed by atoms with van der Waals surface area (Å²) in [7, 11) is 0. The van der Waals surface area contributed by atoms with E-state index in [0.29, 0.717) is 0 Å². The molecular weight excluding hydrogens is 224 g/mol. The minimum atomic E-state index is 0.140. The molecule has 0 unspecified atom stereocenters. The summed E-state index contributed by atoms with van der Waals surface area (Å²) in [6.45, 7) is 0.426. The Hall–Kier alpha value is -1.64. The van der Waals surface area contributed by atoms with Gasteiger partial charge in [-0.05, 0) is 24.0 Å². The molecule has 0 aliphatic heterocycles. The van der Waals surface area contributed by atoms with Crippen LogP contribution in [0.1, 0.15) is 17.5 Å². The molecule has 2 aromatic carbocycles. The third-order valence-corrected chi connectivity index (χ3v) is 2.49. The van der Waals surface area contributed by atoms with Crippen LogP contribution < -0.4 is 0 Å². The third kappa shape index (κ3) is 6.18. The fourth-order valence-corrected chi connectivity index (χ4v) is 1.51. The minimum Gasteiger partial charge on any atom is -0.396 e. The van der Waals surface area contributed by atoms with Crippen molar-refractivity contribution in [2.75, 3.05) is 6.61 Å². The molecule has 2 rings (SSSR count). The quantitative estimate of drug-likeness (QED) is 0.868. The molecule has 0 radical (unpaired) electrons. The zero-order chi connectivity index (χ0) is 13.1. The Morgan fingerprint density at radius 2 is 1.17 bits per heavy atom. The Morgan fingerprint density at radius 3 is 1.56 bits per heavy atom. The maximum absolute atomic E-state index is 8.54. The molecule has 96 valence electrons. The first-order chi connectivity index (χ1) is 8.86. The van der Waals surface area contributed by atoms with Gasteiger partial charge in [0.25, 0.3) is 0 Å². The molecule has 0 amide bonds. The van der Waals surface area contributed by atoms with Gasteiger partial charge in [0.05, 0.1) is 6.61 Å². The second-order valence-electron chi connectivity index (χ2n) is 3.96. The highest BCUT2D eigenvalue weighted by Crippen LogP contribution is 2.00. The van der Waals surface area contributed by atoms with E-state index in [9.17, 15) is 0 Å². The average Bonchev–Trinajstić information content (AvgIpc) is 2.48. The lowest BCUT2D eigenvalue weighted by molar-refractivity contribution is 0.282. The summed E-state index contributed by atoms with van der Waals surface area (Å²) in [4.78, 5) is 0. The SMILES string of the molecule is OCCCc1ccccc1.OCc1ccccc1. The number of hydrogen-bond donors (Lipinski definition) is 2. The standard InChI is InChI=1S/C9H12O.C7H8O/c10-8-4-7-9-5-2-1-3-6-9;8-6-7-4-2-1-3-5-7/h1-3,5-6,10H,4,7-8H2;1-5,8H,6H2. The minimum absolute atomic E-state index is 0.140. The van der Waals surface area contributed by atoms with Crippen molar-refractivity contribution in [1.82, 2.24) is 0 Å². The normalized spacial score (nSPS) is 9.44. The number of aliphatic hydroxyl groups is 2. The van der Waals surface area contributed by atoms with E-state index >= 15 is 0 Å². The van der Waals surface area contributed by atoms with E-state index in [0.717, 1.165) is 18.4 Å². The molecule has 0 heterocycles. The molecule has 0 spiro atoms. The van der Waals surface area contributed by atoms with Gasteiger partial charge in [0.2, 0.25) is 0 Å². The van der Waals surface area contributed by atoms with Gasteiger partial charge in [-0.2, -0.15) is 0 Å². The lowest BCUT2D eigenvalue weighted by Gasteiger charge is -1.96. The van der Waals surface area contributed by atoms with Crippen LogP contribution in [0.15, 0.2) is 60.7 Å². The Bertz CT molecular complexity index is 398. The maximum Gasteiger partial charge on any atom is 0.0681 e. The molecule has 2 aromatic rings. The molecule has 2 N–H and O–H groups in total. The van der Waals surface area contributed by atoms with Gasteiger partial charge in [0.1, 0.15) is 0 Å². The van der Waals surface area contributed by atoms with Crippen molar-refractivity contribution in [2.24, 2.45) is 0 Å². The smallest absolute Gasteiger partial charge is 0.0681 e. The van der Waals surface area contributed by atoms with Crippen molar-refractivity contribution >= 4 is 0 Å². The van der Waals surface area contributed by atoms with Gasteiger partial charge in [0.15, 0.2) is 0 Å². The first-order valence-corrected chi connectivity index (χ1v) is 6.16. The van der Waals surface area contributed by atoms with Crippen LogP contribution >= 0.6 is 0 Å². The second kappa shape index (κ2) is 9.40. The summed E-state index contributed by atoms with van der Waals surface area (Å²) in [5, 5.41) is 17.1. The van der Waals surface area contributed by atoms with Crippen LogP contribution in [0.5, 0.6) is 0 Å². The highest BCUT2D eigenvalue weighted by Gasteiger charge is 1.88. The molecule has 0 aromatic heterocycles. The van der Waals surface area contributed by atoms with Crippen LogP contribution in [-0.2, 0) is 13.0 Å². The van der Waals surface area contributed by atoms with E-state index in [1.54, 1.807) is 0 Å². The summed E-state index contributed by atoms with van der Waals surface area (Å²) in [5.41, 5.74) is 2.27. The van der Waals surface area contributed by atoms with E-state index in [1.165, 1.54) is 5.56 Å². The number of aryl methyl sites for hydroxylation is 1. The van der Waals surface area contributed by atoms with Crippen LogP contribution in [0.25, 0.3) is 0 Å². The highest BCUT2D eigenvalue weighted by molar-refractivity contribution is 5.14. The van der Waals surface area contributed by atoms with E-state index in [2.05, 4.69) is 12.1 Å². The molecule has 0 aliphatic carbocycles. The Morgan fingerprint density at radius 1 is 0.667 bits per heavy atom. The Labute approximate surface area is 109 Å². The summed E-state index contributed by atoms with van der Waals surface area (Å²) >= 11 is 0. The van der Waals surface area contributed by atoms with E-state index in [1.807, 2.05) is 48.5 Å². The zero-order valence-electron chi connectivity index (χ0n) is 10.5. The predicted molar refractivity (Wildman–Crippen MR) is 74.2 cm³/mol. The van der Waals surface area contributed by atoms with Crippen LogP contribution in [0.2, 0.25) is 0 Å². The van der Waals surface area contributed by atoms with Gasteiger partial charge >= 0.3 is 0 Å². The van der Waals surface area contributed by atoms with E-state index in [-0.39, 0.29) is 13.2 Å². The highest BCUT2D eigenvalue weighted by atomic mass is 16.3. The van der Waals surface area contributed by atoms with Gasteiger partial charge in [0, 0.05) is 6.61 Å². The zero-order valence-corrected chi connectivity index (χ0v) is 10.5. The maximum atomic E-state index is 8.54.